The summed E-state index contributed by atoms with van der Waals surface area (Å²) in [6.45, 7) is 3.71. The third-order valence-corrected chi connectivity index (χ3v) is 3.68. The zero-order valence-electron chi connectivity index (χ0n) is 8.46. The maximum absolute atomic E-state index is 13.3. The van der Waals surface area contributed by atoms with E-state index in [2.05, 4.69) is 4.51 Å². The van der Waals surface area contributed by atoms with E-state index in [1.807, 2.05) is 13.8 Å². The molecule has 0 saturated carbocycles. The fraction of sp³-hybridized carbons (Fsp3) is 0.300. The second-order valence-electron chi connectivity index (χ2n) is 3.37. The van der Waals surface area contributed by atoms with E-state index in [1.165, 1.54) is 0 Å². The number of nitro groups is 1. The smallest absolute Gasteiger partial charge is 0.258 e. The molecule has 0 spiro atoms. The second kappa shape index (κ2) is 4.78. The lowest BCUT2D eigenvalue weighted by atomic mass is 10.0. The average Bonchev–Trinajstić information content (AvgIpc) is 2.16. The van der Waals surface area contributed by atoms with E-state index >= 15 is 0 Å². The summed E-state index contributed by atoms with van der Waals surface area (Å²) in [5, 5.41) is 10.7. The van der Waals surface area contributed by atoms with Crippen molar-refractivity contribution in [1.29, 1.82) is 0 Å². The van der Waals surface area contributed by atoms with Gasteiger partial charge < -0.3 is 0 Å². The molecule has 0 bridgehead atoms. The van der Waals surface area contributed by atoms with Crippen LogP contribution in [0.15, 0.2) is 12.1 Å². The summed E-state index contributed by atoms with van der Waals surface area (Å²) in [6.07, 6.45) is 0. The molecule has 0 unspecified atom stereocenters. The molecule has 0 amide bonds. The van der Waals surface area contributed by atoms with Crippen molar-refractivity contribution < 1.29 is 9.31 Å². The number of halogens is 2. The van der Waals surface area contributed by atoms with Gasteiger partial charge in [0.25, 0.3) is 5.69 Å². The zero-order chi connectivity index (χ0) is 11.6. The second-order valence-corrected chi connectivity index (χ2v) is 5.30. The summed E-state index contributed by atoms with van der Waals surface area (Å²) in [7, 11) is 0. The van der Waals surface area contributed by atoms with Crippen molar-refractivity contribution in [2.75, 3.05) is 0 Å². The van der Waals surface area contributed by atoms with Crippen molar-refractivity contribution in [3.8, 4) is 0 Å². The minimum Gasteiger partial charge on any atom is -0.258 e. The van der Waals surface area contributed by atoms with Crippen molar-refractivity contribution in [2.45, 2.75) is 19.8 Å². The van der Waals surface area contributed by atoms with Gasteiger partial charge in [0.2, 0.25) is 0 Å². The average molecular weight is 323 g/mol. The number of rotatable bonds is 3. The molecule has 82 valence electrons. The van der Waals surface area contributed by atoms with E-state index in [9.17, 15) is 14.5 Å². The van der Waals surface area contributed by atoms with E-state index in [0.29, 0.717) is 9.13 Å². The molecule has 5 heteroatoms. The lowest BCUT2D eigenvalue weighted by molar-refractivity contribution is -0.385. The molecule has 15 heavy (non-hydrogen) atoms. The van der Waals surface area contributed by atoms with Crippen LogP contribution in [-0.4, -0.2) is 9.44 Å². The van der Waals surface area contributed by atoms with Gasteiger partial charge in [-0.05, 0) is 12.0 Å². The van der Waals surface area contributed by atoms with Gasteiger partial charge in [-0.15, -0.1) is 0 Å². The van der Waals surface area contributed by atoms with Gasteiger partial charge in [0.15, 0.2) is 0 Å². The van der Waals surface area contributed by atoms with Crippen LogP contribution in [0.5, 0.6) is 0 Å². The quantitative estimate of drug-likeness (QED) is 0.486. The van der Waals surface area contributed by atoms with Crippen LogP contribution in [0.2, 0.25) is 0 Å². The fourth-order valence-electron chi connectivity index (χ4n) is 1.27. The molecule has 0 aliphatic carbocycles. The summed E-state index contributed by atoms with van der Waals surface area (Å²) >= 11 is -0.635. The van der Waals surface area contributed by atoms with Crippen LogP contribution in [-0.2, 0) is 0 Å². The molecule has 1 aromatic rings. The Kier molecular flexibility index (Phi) is 3.90. The van der Waals surface area contributed by atoms with Gasteiger partial charge in [-0.1, -0.05) is 39.1 Å². The number of nitrogens with zero attached hydrogens (tertiary/aromatic N) is 1. The number of nitro benzene ring substituents is 1. The Labute approximate surface area is 97.2 Å². The van der Waals surface area contributed by atoms with Gasteiger partial charge in [0.1, 0.15) is 5.82 Å². The molecule has 0 fully saturated rings. The standard InChI is InChI=1S/C10H11FINO2/c1-6(2)7-4-9(12-3)8(11)5-10(7)13(14)15/h4-6H,3H2,1-2H3. The topological polar surface area (TPSA) is 43.1 Å². The van der Waals surface area contributed by atoms with E-state index in [0.717, 1.165) is 6.07 Å². The molecule has 0 aliphatic rings. The first kappa shape index (κ1) is 12.2. The van der Waals surface area contributed by atoms with E-state index in [1.54, 1.807) is 6.07 Å². The Morgan fingerprint density at radius 2 is 2.13 bits per heavy atom. The van der Waals surface area contributed by atoms with Gasteiger partial charge in [-0.25, -0.2) is 4.39 Å². The first-order valence-electron chi connectivity index (χ1n) is 4.33. The predicted octanol–water partition coefficient (Wildman–Crippen LogP) is 3.43. The highest BCUT2D eigenvalue weighted by molar-refractivity contribution is 14.2. The normalized spacial score (nSPS) is 10.7. The Bertz CT molecular complexity index is 418. The Hall–Kier alpha value is -0.850. The molecular weight excluding hydrogens is 312 g/mol. The molecule has 0 radical (unpaired) electrons. The lowest BCUT2D eigenvalue weighted by Gasteiger charge is -2.07. The van der Waals surface area contributed by atoms with Crippen LogP contribution >= 0.6 is 20.7 Å². The molecule has 0 heterocycles. The predicted molar refractivity (Wildman–Crippen MR) is 67.0 cm³/mol. The van der Waals surface area contributed by atoms with Crippen LogP contribution in [0, 0.1) is 19.5 Å². The number of hydrogen-bond acceptors (Lipinski definition) is 2. The minimum atomic E-state index is -0.635. The van der Waals surface area contributed by atoms with Crippen molar-refractivity contribution in [3.05, 3.63) is 37.2 Å². The molecule has 1 rings (SSSR count). The molecule has 0 atom stereocenters. The molecular formula is C10H11FINO2. The van der Waals surface area contributed by atoms with Crippen molar-refractivity contribution in [1.82, 2.24) is 0 Å². The van der Waals surface area contributed by atoms with Crippen LogP contribution in [0.1, 0.15) is 25.3 Å². The third kappa shape index (κ3) is 2.58. The highest BCUT2D eigenvalue weighted by Gasteiger charge is 2.19. The van der Waals surface area contributed by atoms with Gasteiger partial charge in [-0.3, -0.25) is 10.1 Å². The van der Waals surface area contributed by atoms with Gasteiger partial charge in [-0.2, -0.15) is 0 Å². The SMILES string of the molecule is C=Ic1cc(C(C)C)c([N+](=O)[O-])cc1F. The van der Waals surface area contributed by atoms with Crippen LogP contribution in [0.25, 0.3) is 0 Å². The molecule has 0 saturated heterocycles. The molecule has 0 aliphatic heterocycles. The van der Waals surface area contributed by atoms with E-state index in [4.69, 9.17) is 0 Å². The first-order chi connectivity index (χ1) is 6.97. The van der Waals surface area contributed by atoms with Crippen molar-refractivity contribution in [3.63, 3.8) is 0 Å². The molecule has 3 nitrogen and oxygen atoms in total. The van der Waals surface area contributed by atoms with Crippen molar-refractivity contribution >= 4 is 30.9 Å². The summed E-state index contributed by atoms with van der Waals surface area (Å²) < 4.78 is 17.6. The Morgan fingerprint density at radius 1 is 1.53 bits per heavy atom. The highest BCUT2D eigenvalue weighted by Crippen LogP contribution is 2.30. The maximum Gasteiger partial charge on any atom is 0.275 e. The first-order valence-corrected chi connectivity index (χ1v) is 6.94. The van der Waals surface area contributed by atoms with Crippen LogP contribution in [0.4, 0.5) is 10.1 Å². The Balaban J connectivity index is 3.45. The summed E-state index contributed by atoms with van der Waals surface area (Å²) in [6, 6.07) is 2.59. The van der Waals surface area contributed by atoms with E-state index < -0.39 is 31.5 Å². The minimum absolute atomic E-state index is 0.0142. The molecule has 0 aromatic heterocycles. The number of hydrogen-bond donors (Lipinski definition) is 0. The highest BCUT2D eigenvalue weighted by atomic mass is 127. The van der Waals surface area contributed by atoms with Gasteiger partial charge >= 0.3 is 0 Å². The fourth-order valence-corrected chi connectivity index (χ4v) is 2.35. The Morgan fingerprint density at radius 3 is 2.53 bits per heavy atom. The molecule has 0 N–H and O–H groups in total. The maximum atomic E-state index is 13.3. The summed E-state index contributed by atoms with van der Waals surface area (Å²) in [4.78, 5) is 10.2. The number of benzene rings is 1. The van der Waals surface area contributed by atoms with E-state index in [-0.39, 0.29) is 11.6 Å². The van der Waals surface area contributed by atoms with Crippen LogP contribution in [0.3, 0.4) is 0 Å². The lowest BCUT2D eigenvalue weighted by Crippen LogP contribution is -2.00. The van der Waals surface area contributed by atoms with Crippen LogP contribution < -0.4 is 0 Å². The van der Waals surface area contributed by atoms with Gasteiger partial charge in [0, 0.05) is 9.13 Å². The largest absolute Gasteiger partial charge is 0.275 e. The molecule has 1 aromatic carbocycles. The summed E-state index contributed by atoms with van der Waals surface area (Å²) in [5.74, 6) is -0.491. The monoisotopic (exact) mass is 323 g/mol. The van der Waals surface area contributed by atoms with Gasteiger partial charge in [0.05, 0.1) is 11.0 Å². The third-order valence-electron chi connectivity index (χ3n) is 2.03. The summed E-state index contributed by atoms with van der Waals surface area (Å²) in [5.41, 5.74) is 0.448. The zero-order valence-corrected chi connectivity index (χ0v) is 10.6. The van der Waals surface area contributed by atoms with Crippen molar-refractivity contribution in [2.24, 2.45) is 0 Å².